The Morgan fingerprint density at radius 2 is 2.19 bits per heavy atom. The predicted octanol–water partition coefficient (Wildman–Crippen LogP) is 2.33. The van der Waals surface area contributed by atoms with Crippen LogP contribution in [0, 0.1) is 6.92 Å². The molecular weight excluding hydrogens is 200 g/mol. The highest BCUT2D eigenvalue weighted by Gasteiger charge is 2.17. The molecule has 3 rings (SSSR count). The quantitative estimate of drug-likeness (QED) is 0.683. The van der Waals surface area contributed by atoms with Gasteiger partial charge in [-0.3, -0.25) is 4.79 Å². The molecule has 0 radical (unpaired) electrons. The van der Waals surface area contributed by atoms with Crippen molar-refractivity contribution in [3.05, 3.63) is 34.8 Å². The number of carbonyl (C=O) groups is 1. The summed E-state index contributed by atoms with van der Waals surface area (Å²) in [6, 6.07) is 1.90. The number of carbonyl (C=O) groups excluding carboxylic acids is 1. The molecule has 0 spiro atoms. The molecule has 0 saturated heterocycles. The fraction of sp³-hybridized carbons (Fsp3) is 0.385. The van der Waals surface area contributed by atoms with Gasteiger partial charge in [0, 0.05) is 11.9 Å². The van der Waals surface area contributed by atoms with Crippen LogP contribution in [0.5, 0.6) is 0 Å². The molecule has 3 nitrogen and oxygen atoms in total. The Morgan fingerprint density at radius 1 is 1.38 bits per heavy atom. The molecule has 2 aromatic rings. The lowest BCUT2D eigenvalue weighted by Crippen LogP contribution is -2.04. The van der Waals surface area contributed by atoms with Crippen molar-refractivity contribution in [2.75, 3.05) is 0 Å². The highest BCUT2D eigenvalue weighted by molar-refractivity contribution is 5.84. The van der Waals surface area contributed by atoms with E-state index in [1.807, 2.05) is 13.0 Å². The second kappa shape index (κ2) is 3.44. The molecule has 0 aliphatic heterocycles. The minimum Gasteiger partial charge on any atom is -0.303 e. The first-order valence-electron chi connectivity index (χ1n) is 5.75. The van der Waals surface area contributed by atoms with Gasteiger partial charge in [0.15, 0.2) is 6.29 Å². The summed E-state index contributed by atoms with van der Waals surface area (Å²) in [5.74, 6) is 0. The van der Waals surface area contributed by atoms with Crippen molar-refractivity contribution >= 4 is 11.9 Å². The molecule has 0 amide bonds. The molecule has 0 aromatic carbocycles. The standard InChI is InChI=1S/C13H14N2O/c1-9-6-10(8-16)13-14-11-4-2-3-5-12(11)15(13)7-9/h6-8H,2-5H2,1H3. The number of aldehydes is 1. The first-order valence-corrected chi connectivity index (χ1v) is 5.75. The van der Waals surface area contributed by atoms with Crippen LogP contribution in [-0.2, 0) is 12.8 Å². The van der Waals surface area contributed by atoms with Crippen molar-refractivity contribution in [1.29, 1.82) is 0 Å². The lowest BCUT2D eigenvalue weighted by atomic mass is 10.0. The van der Waals surface area contributed by atoms with Gasteiger partial charge in [-0.2, -0.15) is 0 Å². The van der Waals surface area contributed by atoms with Crippen LogP contribution in [0.25, 0.3) is 5.65 Å². The molecule has 0 saturated carbocycles. The summed E-state index contributed by atoms with van der Waals surface area (Å²) >= 11 is 0. The van der Waals surface area contributed by atoms with Gasteiger partial charge in [0.2, 0.25) is 0 Å². The highest BCUT2D eigenvalue weighted by atomic mass is 16.1. The summed E-state index contributed by atoms with van der Waals surface area (Å²) in [7, 11) is 0. The Kier molecular flexibility index (Phi) is 2.06. The van der Waals surface area contributed by atoms with E-state index in [2.05, 4.69) is 15.6 Å². The maximum Gasteiger partial charge on any atom is 0.153 e. The van der Waals surface area contributed by atoms with E-state index in [-0.39, 0.29) is 0 Å². The molecule has 1 aliphatic carbocycles. The molecule has 1 aliphatic rings. The highest BCUT2D eigenvalue weighted by Crippen LogP contribution is 2.24. The van der Waals surface area contributed by atoms with Gasteiger partial charge < -0.3 is 4.40 Å². The molecule has 82 valence electrons. The van der Waals surface area contributed by atoms with E-state index < -0.39 is 0 Å². The number of aryl methyl sites for hydroxylation is 3. The summed E-state index contributed by atoms with van der Waals surface area (Å²) < 4.78 is 2.10. The van der Waals surface area contributed by atoms with E-state index in [4.69, 9.17) is 0 Å². The largest absolute Gasteiger partial charge is 0.303 e. The van der Waals surface area contributed by atoms with E-state index >= 15 is 0 Å². The second-order valence-corrected chi connectivity index (χ2v) is 4.50. The zero-order valence-electron chi connectivity index (χ0n) is 9.36. The van der Waals surface area contributed by atoms with Gasteiger partial charge in [-0.05, 0) is 44.2 Å². The molecule has 2 heterocycles. The fourth-order valence-electron chi connectivity index (χ4n) is 2.54. The van der Waals surface area contributed by atoms with Crippen LogP contribution >= 0.6 is 0 Å². The monoisotopic (exact) mass is 214 g/mol. The number of hydrogen-bond donors (Lipinski definition) is 0. The smallest absolute Gasteiger partial charge is 0.153 e. The van der Waals surface area contributed by atoms with Crippen LogP contribution in [0.4, 0.5) is 0 Å². The second-order valence-electron chi connectivity index (χ2n) is 4.50. The van der Waals surface area contributed by atoms with E-state index in [0.29, 0.717) is 5.56 Å². The van der Waals surface area contributed by atoms with Crippen LogP contribution in [0.3, 0.4) is 0 Å². The van der Waals surface area contributed by atoms with Crippen LogP contribution in [0.15, 0.2) is 12.3 Å². The van der Waals surface area contributed by atoms with Crippen molar-refractivity contribution in [2.24, 2.45) is 0 Å². The van der Waals surface area contributed by atoms with E-state index in [1.54, 1.807) is 0 Å². The van der Waals surface area contributed by atoms with Crippen LogP contribution < -0.4 is 0 Å². The third-order valence-corrected chi connectivity index (χ3v) is 3.27. The van der Waals surface area contributed by atoms with Gasteiger partial charge in [0.25, 0.3) is 0 Å². The van der Waals surface area contributed by atoms with Gasteiger partial charge in [-0.1, -0.05) is 0 Å². The van der Waals surface area contributed by atoms with Crippen molar-refractivity contribution in [1.82, 2.24) is 9.38 Å². The Bertz CT molecular complexity index is 569. The Morgan fingerprint density at radius 3 is 3.00 bits per heavy atom. The first kappa shape index (κ1) is 9.58. The third kappa shape index (κ3) is 1.28. The Hall–Kier alpha value is -1.64. The molecule has 0 fully saturated rings. The van der Waals surface area contributed by atoms with Crippen LogP contribution in [-0.4, -0.2) is 15.7 Å². The van der Waals surface area contributed by atoms with Crippen LogP contribution in [0.1, 0.15) is 40.2 Å². The summed E-state index contributed by atoms with van der Waals surface area (Å²) in [5.41, 5.74) is 5.12. The molecular formula is C13H14N2O. The minimum atomic E-state index is 0.703. The summed E-state index contributed by atoms with van der Waals surface area (Å²) in [6.07, 6.45) is 7.56. The zero-order valence-corrected chi connectivity index (χ0v) is 9.36. The van der Waals surface area contributed by atoms with E-state index in [0.717, 1.165) is 30.3 Å². The van der Waals surface area contributed by atoms with Gasteiger partial charge in [-0.25, -0.2) is 4.98 Å². The van der Waals surface area contributed by atoms with Gasteiger partial charge in [0.05, 0.1) is 11.3 Å². The number of pyridine rings is 1. The van der Waals surface area contributed by atoms with E-state index in [9.17, 15) is 4.79 Å². The lowest BCUT2D eigenvalue weighted by molar-refractivity contribution is 0.112. The van der Waals surface area contributed by atoms with Crippen molar-refractivity contribution in [3.63, 3.8) is 0 Å². The number of fused-ring (bicyclic) bond motifs is 3. The van der Waals surface area contributed by atoms with Crippen LogP contribution in [0.2, 0.25) is 0 Å². The van der Waals surface area contributed by atoms with Crippen molar-refractivity contribution in [2.45, 2.75) is 32.6 Å². The number of nitrogens with zero attached hydrogens (tertiary/aromatic N) is 2. The van der Waals surface area contributed by atoms with Gasteiger partial charge in [0.1, 0.15) is 5.65 Å². The Balaban J connectivity index is 2.37. The maximum absolute atomic E-state index is 11.0. The molecule has 16 heavy (non-hydrogen) atoms. The first-order chi connectivity index (χ1) is 7.79. The number of hydrogen-bond acceptors (Lipinski definition) is 2. The Labute approximate surface area is 94.1 Å². The zero-order chi connectivity index (χ0) is 11.1. The SMILES string of the molecule is Cc1cc(C=O)c2nc3c(n2c1)CCCC3. The lowest BCUT2D eigenvalue weighted by Gasteiger charge is -2.10. The molecule has 0 atom stereocenters. The number of rotatable bonds is 1. The van der Waals surface area contributed by atoms with Crippen molar-refractivity contribution in [3.8, 4) is 0 Å². The number of aromatic nitrogens is 2. The molecule has 0 N–H and O–H groups in total. The van der Waals surface area contributed by atoms with Crippen molar-refractivity contribution < 1.29 is 4.79 Å². The van der Waals surface area contributed by atoms with Gasteiger partial charge >= 0.3 is 0 Å². The maximum atomic E-state index is 11.0. The topological polar surface area (TPSA) is 34.4 Å². The third-order valence-electron chi connectivity index (χ3n) is 3.27. The average molecular weight is 214 g/mol. The average Bonchev–Trinajstić information content (AvgIpc) is 2.67. The minimum absolute atomic E-state index is 0.703. The summed E-state index contributed by atoms with van der Waals surface area (Å²) in [6.45, 7) is 2.02. The summed E-state index contributed by atoms with van der Waals surface area (Å²) in [5, 5.41) is 0. The predicted molar refractivity (Wildman–Crippen MR) is 62.0 cm³/mol. The molecule has 3 heteroatoms. The molecule has 0 unspecified atom stereocenters. The molecule has 0 bridgehead atoms. The molecule has 2 aromatic heterocycles. The van der Waals surface area contributed by atoms with E-state index in [1.165, 1.54) is 24.2 Å². The summed E-state index contributed by atoms with van der Waals surface area (Å²) in [4.78, 5) is 15.6. The normalized spacial score (nSPS) is 15.1. The number of imidazole rings is 1. The van der Waals surface area contributed by atoms with Gasteiger partial charge in [-0.15, -0.1) is 0 Å². The fourth-order valence-corrected chi connectivity index (χ4v) is 2.54.